The highest BCUT2D eigenvalue weighted by Gasteiger charge is 2.31. The molecule has 0 aliphatic heterocycles. The van der Waals surface area contributed by atoms with Crippen molar-refractivity contribution in [2.45, 2.75) is 33.2 Å². The van der Waals surface area contributed by atoms with Crippen molar-refractivity contribution in [3.8, 4) is 0 Å². The molecule has 0 bridgehead atoms. The first-order chi connectivity index (χ1) is 8.36. The molecule has 0 aliphatic rings. The first-order valence-corrected chi connectivity index (χ1v) is 6.84. The van der Waals surface area contributed by atoms with Crippen molar-refractivity contribution in [2.75, 3.05) is 6.61 Å². The number of halogens is 1. The van der Waals surface area contributed by atoms with Crippen LogP contribution in [0.15, 0.2) is 28.7 Å². The van der Waals surface area contributed by atoms with E-state index in [4.69, 9.17) is 10.5 Å². The SMILES string of the molecule is CCOC(=O)C(C)(C)CC(N)c1ccc(Br)cc1. The maximum atomic E-state index is 11.8. The van der Waals surface area contributed by atoms with Crippen LogP contribution in [0.3, 0.4) is 0 Å². The number of nitrogens with two attached hydrogens (primary N) is 1. The van der Waals surface area contributed by atoms with E-state index in [0.717, 1.165) is 10.0 Å². The van der Waals surface area contributed by atoms with Crippen LogP contribution in [0, 0.1) is 5.41 Å². The van der Waals surface area contributed by atoms with Gasteiger partial charge in [0.1, 0.15) is 0 Å². The highest BCUT2D eigenvalue weighted by atomic mass is 79.9. The zero-order valence-corrected chi connectivity index (χ0v) is 12.7. The summed E-state index contributed by atoms with van der Waals surface area (Å²) in [5, 5.41) is 0. The molecule has 0 saturated carbocycles. The Morgan fingerprint density at radius 3 is 2.44 bits per heavy atom. The van der Waals surface area contributed by atoms with Crippen molar-refractivity contribution in [1.29, 1.82) is 0 Å². The van der Waals surface area contributed by atoms with Gasteiger partial charge in [0.15, 0.2) is 0 Å². The lowest BCUT2D eigenvalue weighted by atomic mass is 9.84. The van der Waals surface area contributed by atoms with Gasteiger partial charge in [-0.15, -0.1) is 0 Å². The van der Waals surface area contributed by atoms with Crippen molar-refractivity contribution < 1.29 is 9.53 Å². The molecule has 0 heterocycles. The van der Waals surface area contributed by atoms with Crippen LogP contribution in [0.25, 0.3) is 0 Å². The fraction of sp³-hybridized carbons (Fsp3) is 0.500. The summed E-state index contributed by atoms with van der Waals surface area (Å²) in [5.74, 6) is -0.197. The van der Waals surface area contributed by atoms with Crippen LogP contribution in [-0.4, -0.2) is 12.6 Å². The molecule has 0 spiro atoms. The lowest BCUT2D eigenvalue weighted by molar-refractivity contribution is -0.154. The summed E-state index contributed by atoms with van der Waals surface area (Å²) < 4.78 is 6.08. The molecule has 18 heavy (non-hydrogen) atoms. The number of ether oxygens (including phenoxy) is 1. The standard InChI is InChI=1S/C14H20BrNO2/c1-4-18-13(17)14(2,3)9-12(16)10-5-7-11(15)8-6-10/h5-8,12H,4,9,16H2,1-3H3. The van der Waals surface area contributed by atoms with Gasteiger partial charge in [0.2, 0.25) is 0 Å². The Hall–Kier alpha value is -0.870. The minimum atomic E-state index is -0.567. The Labute approximate surface area is 117 Å². The van der Waals surface area contributed by atoms with Crippen LogP contribution in [0.4, 0.5) is 0 Å². The largest absolute Gasteiger partial charge is 0.466 e. The maximum absolute atomic E-state index is 11.8. The highest BCUT2D eigenvalue weighted by molar-refractivity contribution is 9.10. The smallest absolute Gasteiger partial charge is 0.311 e. The van der Waals surface area contributed by atoms with E-state index in [1.165, 1.54) is 0 Å². The summed E-state index contributed by atoms with van der Waals surface area (Å²) in [6.07, 6.45) is 0.563. The Morgan fingerprint density at radius 2 is 1.94 bits per heavy atom. The number of hydrogen-bond acceptors (Lipinski definition) is 3. The van der Waals surface area contributed by atoms with E-state index in [9.17, 15) is 4.79 Å². The van der Waals surface area contributed by atoms with Gasteiger partial charge in [-0.25, -0.2) is 0 Å². The molecule has 1 atom stereocenters. The van der Waals surface area contributed by atoms with Crippen molar-refractivity contribution in [3.05, 3.63) is 34.3 Å². The highest BCUT2D eigenvalue weighted by Crippen LogP contribution is 2.30. The predicted octanol–water partition coefficient (Wildman–Crippen LogP) is 3.43. The van der Waals surface area contributed by atoms with Gasteiger partial charge in [0.05, 0.1) is 12.0 Å². The maximum Gasteiger partial charge on any atom is 0.311 e. The average Bonchev–Trinajstić information content (AvgIpc) is 2.29. The molecule has 2 N–H and O–H groups in total. The molecule has 1 aromatic rings. The van der Waals surface area contributed by atoms with Gasteiger partial charge in [0.25, 0.3) is 0 Å². The Balaban J connectivity index is 2.71. The molecule has 4 heteroatoms. The number of carbonyl (C=O) groups excluding carboxylic acids is 1. The first-order valence-electron chi connectivity index (χ1n) is 6.05. The summed E-state index contributed by atoms with van der Waals surface area (Å²) >= 11 is 3.38. The predicted molar refractivity (Wildman–Crippen MR) is 76.1 cm³/mol. The normalized spacial score (nSPS) is 13.2. The summed E-state index contributed by atoms with van der Waals surface area (Å²) in [4.78, 5) is 11.8. The van der Waals surface area contributed by atoms with Crippen LogP contribution in [0.5, 0.6) is 0 Å². The fourth-order valence-electron chi connectivity index (χ4n) is 1.79. The molecule has 0 aromatic heterocycles. The topological polar surface area (TPSA) is 52.3 Å². The molecule has 100 valence electrons. The summed E-state index contributed by atoms with van der Waals surface area (Å²) in [7, 11) is 0. The molecule has 0 amide bonds. The van der Waals surface area contributed by atoms with E-state index in [-0.39, 0.29) is 12.0 Å². The molecular weight excluding hydrogens is 294 g/mol. The van der Waals surface area contributed by atoms with Crippen molar-refractivity contribution >= 4 is 21.9 Å². The van der Waals surface area contributed by atoms with Gasteiger partial charge in [-0.05, 0) is 44.9 Å². The molecule has 0 saturated heterocycles. The van der Waals surface area contributed by atoms with Crippen LogP contribution in [0.2, 0.25) is 0 Å². The second-order valence-corrected chi connectivity index (χ2v) is 5.88. The molecule has 1 aromatic carbocycles. The zero-order chi connectivity index (χ0) is 13.8. The van der Waals surface area contributed by atoms with E-state index >= 15 is 0 Å². The van der Waals surface area contributed by atoms with Gasteiger partial charge in [-0.3, -0.25) is 4.79 Å². The van der Waals surface area contributed by atoms with Gasteiger partial charge in [-0.1, -0.05) is 28.1 Å². The summed E-state index contributed by atoms with van der Waals surface area (Å²) in [6, 6.07) is 7.67. The third-order valence-corrected chi connectivity index (χ3v) is 3.39. The van der Waals surface area contributed by atoms with Crippen LogP contribution >= 0.6 is 15.9 Å². The van der Waals surface area contributed by atoms with E-state index in [1.54, 1.807) is 0 Å². The number of rotatable bonds is 5. The minimum Gasteiger partial charge on any atom is -0.466 e. The van der Waals surface area contributed by atoms with Gasteiger partial charge >= 0.3 is 5.97 Å². The number of carbonyl (C=O) groups is 1. The van der Waals surface area contributed by atoms with Gasteiger partial charge in [0, 0.05) is 10.5 Å². The third-order valence-electron chi connectivity index (χ3n) is 2.86. The average molecular weight is 314 g/mol. The number of hydrogen-bond donors (Lipinski definition) is 1. The molecular formula is C14H20BrNO2. The first kappa shape index (κ1) is 15.2. The zero-order valence-electron chi connectivity index (χ0n) is 11.1. The summed E-state index contributed by atoms with van der Waals surface area (Å²) in [5.41, 5.74) is 6.60. The lowest BCUT2D eigenvalue weighted by Gasteiger charge is -2.25. The van der Waals surface area contributed by atoms with Crippen molar-refractivity contribution in [2.24, 2.45) is 11.1 Å². The lowest BCUT2D eigenvalue weighted by Crippen LogP contribution is -2.31. The van der Waals surface area contributed by atoms with Crippen molar-refractivity contribution in [3.63, 3.8) is 0 Å². The van der Waals surface area contributed by atoms with E-state index in [1.807, 2.05) is 45.0 Å². The summed E-state index contributed by atoms with van der Waals surface area (Å²) in [6.45, 7) is 5.94. The molecule has 1 unspecified atom stereocenters. The minimum absolute atomic E-state index is 0.169. The van der Waals surface area contributed by atoms with E-state index < -0.39 is 5.41 Å². The van der Waals surface area contributed by atoms with Crippen LogP contribution < -0.4 is 5.73 Å². The van der Waals surface area contributed by atoms with Crippen LogP contribution in [0.1, 0.15) is 38.8 Å². The van der Waals surface area contributed by atoms with E-state index in [2.05, 4.69) is 15.9 Å². The Kier molecular flexibility index (Phi) is 5.35. The van der Waals surface area contributed by atoms with E-state index in [0.29, 0.717) is 13.0 Å². The Morgan fingerprint density at radius 1 is 1.39 bits per heavy atom. The monoisotopic (exact) mass is 313 g/mol. The molecule has 0 fully saturated rings. The Bertz CT molecular complexity index is 401. The molecule has 0 radical (unpaired) electrons. The second kappa shape index (κ2) is 6.34. The van der Waals surface area contributed by atoms with Crippen molar-refractivity contribution in [1.82, 2.24) is 0 Å². The quantitative estimate of drug-likeness (QED) is 0.847. The molecule has 1 rings (SSSR count). The van der Waals surface area contributed by atoms with Gasteiger partial charge < -0.3 is 10.5 Å². The van der Waals surface area contributed by atoms with Crippen LogP contribution in [-0.2, 0) is 9.53 Å². The fourth-order valence-corrected chi connectivity index (χ4v) is 2.05. The molecule has 0 aliphatic carbocycles. The van der Waals surface area contributed by atoms with Gasteiger partial charge in [-0.2, -0.15) is 0 Å². The number of esters is 1. The third kappa shape index (κ3) is 4.10. The molecule has 3 nitrogen and oxygen atoms in total. The second-order valence-electron chi connectivity index (χ2n) is 4.97. The number of benzene rings is 1.